The Balaban J connectivity index is 1.94. The lowest BCUT2D eigenvalue weighted by molar-refractivity contribution is -0.119. The number of ether oxygens (including phenoxy) is 2. The molecule has 2 aromatic rings. The third-order valence-electron chi connectivity index (χ3n) is 4.96. The lowest BCUT2D eigenvalue weighted by Crippen LogP contribution is -2.51. The van der Waals surface area contributed by atoms with Crippen molar-refractivity contribution in [2.75, 3.05) is 19.5 Å². The largest absolute Gasteiger partial charge is 0.493 e. The minimum absolute atomic E-state index is 0.177. The molecule has 1 amide bonds. The maximum Gasteiger partial charge on any atom is 0.235 e. The number of rotatable bonds is 5. The van der Waals surface area contributed by atoms with Gasteiger partial charge in [-0.3, -0.25) is 4.79 Å². The van der Waals surface area contributed by atoms with Gasteiger partial charge in [-0.15, -0.1) is 0 Å². The zero-order valence-corrected chi connectivity index (χ0v) is 17.8. The second kappa shape index (κ2) is 8.53. The third-order valence-corrected chi connectivity index (χ3v) is 5.18. The molecule has 0 saturated carbocycles. The number of aryl methyl sites for hydroxylation is 2. The molecule has 1 aliphatic heterocycles. The first-order valence-corrected chi connectivity index (χ1v) is 9.61. The highest BCUT2D eigenvalue weighted by atomic mass is 32.1. The molecule has 1 aliphatic rings. The fourth-order valence-electron chi connectivity index (χ4n) is 3.48. The second-order valence-electron chi connectivity index (χ2n) is 7.00. The predicted molar refractivity (Wildman–Crippen MR) is 118 cm³/mol. The summed E-state index contributed by atoms with van der Waals surface area (Å²) in [7, 11) is 3.16. The summed E-state index contributed by atoms with van der Waals surface area (Å²) in [6.07, 6.45) is 0. The van der Waals surface area contributed by atoms with Gasteiger partial charge >= 0.3 is 0 Å². The Morgan fingerprint density at radius 2 is 1.83 bits per heavy atom. The molecule has 3 rings (SSSR count). The first-order chi connectivity index (χ1) is 13.8. The molecule has 0 spiro atoms. The molecule has 2 aromatic carbocycles. The van der Waals surface area contributed by atoms with Gasteiger partial charge in [0.1, 0.15) is 5.92 Å². The van der Waals surface area contributed by atoms with Crippen LogP contribution in [0.25, 0.3) is 0 Å². The van der Waals surface area contributed by atoms with E-state index < -0.39 is 12.0 Å². The van der Waals surface area contributed by atoms with Crippen LogP contribution in [0.2, 0.25) is 0 Å². The predicted octanol–water partition coefficient (Wildman–Crippen LogP) is 3.61. The number of benzene rings is 2. The minimum Gasteiger partial charge on any atom is -0.493 e. The van der Waals surface area contributed by atoms with E-state index in [2.05, 4.69) is 22.5 Å². The highest BCUT2D eigenvalue weighted by Crippen LogP contribution is 2.36. The lowest BCUT2D eigenvalue weighted by atomic mass is 9.88. The van der Waals surface area contributed by atoms with Crippen molar-refractivity contribution < 1.29 is 14.3 Å². The molecule has 1 fully saturated rings. The Hall–Kier alpha value is -3.06. The van der Waals surface area contributed by atoms with Crippen molar-refractivity contribution in [2.45, 2.75) is 19.9 Å². The van der Waals surface area contributed by atoms with E-state index in [4.69, 9.17) is 21.7 Å². The smallest absolute Gasteiger partial charge is 0.235 e. The van der Waals surface area contributed by atoms with Crippen LogP contribution in [0.3, 0.4) is 0 Å². The molecule has 0 aliphatic carbocycles. The normalized spacial score (nSPS) is 18.5. The molecule has 152 valence electrons. The van der Waals surface area contributed by atoms with Crippen LogP contribution in [0.1, 0.15) is 22.7 Å². The Morgan fingerprint density at radius 1 is 1.10 bits per heavy atom. The molecule has 3 N–H and O–H groups in total. The molecule has 6 nitrogen and oxygen atoms in total. The molecule has 0 bridgehead atoms. The number of hydrogen-bond donors (Lipinski definition) is 3. The number of hydrogen-bond acceptors (Lipinski definition) is 4. The zero-order valence-electron chi connectivity index (χ0n) is 17.0. The van der Waals surface area contributed by atoms with Crippen LogP contribution in [0.4, 0.5) is 5.69 Å². The maximum absolute atomic E-state index is 13.2. The number of carbonyl (C=O) groups is 1. The first-order valence-electron chi connectivity index (χ1n) is 9.20. The number of carbonyl (C=O) groups excluding carboxylic acids is 1. The van der Waals surface area contributed by atoms with Crippen molar-refractivity contribution in [3.63, 3.8) is 0 Å². The van der Waals surface area contributed by atoms with Crippen LogP contribution < -0.4 is 25.4 Å². The topological polar surface area (TPSA) is 71.6 Å². The van der Waals surface area contributed by atoms with Crippen molar-refractivity contribution in [3.8, 4) is 11.5 Å². The van der Waals surface area contributed by atoms with E-state index in [-0.39, 0.29) is 5.91 Å². The average molecular weight is 412 g/mol. The summed E-state index contributed by atoms with van der Waals surface area (Å²) in [4.78, 5) is 13.2. The molecule has 1 saturated heterocycles. The minimum atomic E-state index is -0.583. The van der Waals surface area contributed by atoms with Gasteiger partial charge in [0.25, 0.3) is 0 Å². The van der Waals surface area contributed by atoms with Crippen LogP contribution in [0.5, 0.6) is 11.5 Å². The van der Waals surface area contributed by atoms with Crippen LogP contribution in [0.15, 0.2) is 48.7 Å². The second-order valence-corrected chi connectivity index (χ2v) is 7.41. The van der Waals surface area contributed by atoms with Crippen LogP contribution in [-0.4, -0.2) is 25.2 Å². The number of thiocarbonyl (C=S) groups is 1. The summed E-state index contributed by atoms with van der Waals surface area (Å²) in [5.74, 6) is 0.433. The Bertz CT molecular complexity index is 974. The Kier molecular flexibility index (Phi) is 6.08. The van der Waals surface area contributed by atoms with E-state index in [1.807, 2.05) is 50.2 Å². The van der Waals surface area contributed by atoms with Crippen molar-refractivity contribution in [1.29, 1.82) is 0 Å². The van der Waals surface area contributed by atoms with E-state index in [9.17, 15) is 4.79 Å². The molecule has 2 atom stereocenters. The van der Waals surface area contributed by atoms with E-state index in [0.29, 0.717) is 22.3 Å². The summed E-state index contributed by atoms with van der Waals surface area (Å²) >= 11 is 5.30. The van der Waals surface area contributed by atoms with Gasteiger partial charge in [-0.1, -0.05) is 30.3 Å². The molecule has 0 aromatic heterocycles. The SMILES string of the molecule is C=C1NC(=S)N[C@@H](c2ccc(OC)c(OC)c2)[C@@H]1C(=O)Nc1ccc(C)cc1C. The summed E-state index contributed by atoms with van der Waals surface area (Å²) in [5, 5.41) is 9.62. The van der Waals surface area contributed by atoms with Gasteiger partial charge in [0.15, 0.2) is 16.6 Å². The summed E-state index contributed by atoms with van der Waals surface area (Å²) in [6.45, 7) is 8.03. The number of anilines is 1. The summed E-state index contributed by atoms with van der Waals surface area (Å²) in [5.41, 5.74) is 4.29. The highest BCUT2D eigenvalue weighted by molar-refractivity contribution is 7.80. The standard InChI is InChI=1S/C22H25N3O3S/c1-12-6-8-16(13(2)10-12)24-21(26)19-14(3)23-22(29)25-20(19)15-7-9-17(27-4)18(11-15)28-5/h6-11,19-20H,3H2,1-2,4-5H3,(H,24,26)(H2,23,25,29)/t19-,20+/m1/s1. The van der Waals surface area contributed by atoms with E-state index in [0.717, 1.165) is 22.4 Å². The fraction of sp³-hybridized carbons (Fsp3) is 0.273. The van der Waals surface area contributed by atoms with Gasteiger partial charge in [0.05, 0.1) is 20.3 Å². The molecular weight excluding hydrogens is 386 g/mol. The van der Waals surface area contributed by atoms with Gasteiger partial charge in [0, 0.05) is 11.4 Å². The summed E-state index contributed by atoms with van der Waals surface area (Å²) in [6, 6.07) is 11.0. The lowest BCUT2D eigenvalue weighted by Gasteiger charge is -2.35. The third kappa shape index (κ3) is 4.35. The zero-order chi connectivity index (χ0) is 21.1. The van der Waals surface area contributed by atoms with E-state index in [1.165, 1.54) is 0 Å². The van der Waals surface area contributed by atoms with Crippen LogP contribution in [0, 0.1) is 19.8 Å². The monoisotopic (exact) mass is 411 g/mol. The molecule has 0 unspecified atom stereocenters. The van der Waals surface area contributed by atoms with Gasteiger partial charge in [0.2, 0.25) is 5.91 Å². The Morgan fingerprint density at radius 3 is 2.48 bits per heavy atom. The quantitative estimate of drug-likeness (QED) is 0.653. The van der Waals surface area contributed by atoms with E-state index >= 15 is 0 Å². The van der Waals surface area contributed by atoms with Crippen molar-refractivity contribution in [3.05, 3.63) is 65.4 Å². The van der Waals surface area contributed by atoms with Gasteiger partial charge in [-0.2, -0.15) is 0 Å². The van der Waals surface area contributed by atoms with Crippen molar-refractivity contribution >= 4 is 28.9 Å². The average Bonchev–Trinajstić information content (AvgIpc) is 2.68. The van der Waals surface area contributed by atoms with E-state index in [1.54, 1.807) is 14.2 Å². The first kappa shape index (κ1) is 20.7. The number of nitrogens with one attached hydrogen (secondary N) is 3. The van der Waals surface area contributed by atoms with Crippen molar-refractivity contribution in [2.24, 2.45) is 5.92 Å². The molecule has 29 heavy (non-hydrogen) atoms. The van der Waals surface area contributed by atoms with Crippen molar-refractivity contribution in [1.82, 2.24) is 10.6 Å². The van der Waals surface area contributed by atoms with Gasteiger partial charge in [-0.05, 0) is 55.4 Å². The van der Waals surface area contributed by atoms with Gasteiger partial charge < -0.3 is 25.4 Å². The molecule has 0 radical (unpaired) electrons. The molecule has 7 heteroatoms. The molecule has 1 heterocycles. The number of amides is 1. The van der Waals surface area contributed by atoms with Gasteiger partial charge in [-0.25, -0.2) is 0 Å². The Labute approximate surface area is 176 Å². The highest BCUT2D eigenvalue weighted by Gasteiger charge is 2.37. The maximum atomic E-state index is 13.2. The number of methoxy groups -OCH3 is 2. The summed E-state index contributed by atoms with van der Waals surface area (Å²) < 4.78 is 10.7. The molecular formula is C22H25N3O3S. The fourth-order valence-corrected chi connectivity index (χ4v) is 3.74. The van der Waals surface area contributed by atoms with Crippen LogP contribution >= 0.6 is 12.2 Å². The van der Waals surface area contributed by atoms with Crippen LogP contribution in [-0.2, 0) is 4.79 Å².